The normalized spacial score (nSPS) is 26.9. The van der Waals surface area contributed by atoms with E-state index in [4.69, 9.17) is 9.47 Å². The average molecular weight is 358 g/mol. The van der Waals surface area contributed by atoms with Crippen molar-refractivity contribution in [1.82, 2.24) is 24.4 Å². The maximum absolute atomic E-state index is 6.27. The molecule has 26 heavy (non-hydrogen) atoms. The van der Waals surface area contributed by atoms with Crippen LogP contribution in [0.25, 0.3) is 0 Å². The van der Waals surface area contributed by atoms with Gasteiger partial charge in [0, 0.05) is 57.4 Å². The van der Waals surface area contributed by atoms with Crippen molar-refractivity contribution in [3.05, 3.63) is 36.7 Å². The molecule has 0 bridgehead atoms. The fourth-order valence-electron chi connectivity index (χ4n) is 3.77. The van der Waals surface area contributed by atoms with Crippen LogP contribution in [0.2, 0.25) is 0 Å². The summed E-state index contributed by atoms with van der Waals surface area (Å²) >= 11 is 0. The standard InChI is InChI=1S/C18H26N6O2/c1-23-6-5-19-16(23)11-24-7-8-25-14-18(13-24)9-15(12-26-18)10-22-17-20-3-2-4-21-17/h2-6,15H,7-14H2,1H3,(H,20,21,22). The second-order valence-electron chi connectivity index (χ2n) is 7.24. The Morgan fingerprint density at radius 2 is 2.15 bits per heavy atom. The number of aromatic nitrogens is 4. The van der Waals surface area contributed by atoms with Gasteiger partial charge in [-0.05, 0) is 12.5 Å². The first-order valence-corrected chi connectivity index (χ1v) is 9.14. The molecule has 4 rings (SSSR count). The van der Waals surface area contributed by atoms with Crippen molar-refractivity contribution < 1.29 is 9.47 Å². The zero-order valence-electron chi connectivity index (χ0n) is 15.2. The van der Waals surface area contributed by atoms with Gasteiger partial charge in [-0.2, -0.15) is 0 Å². The number of imidazole rings is 1. The minimum Gasteiger partial charge on any atom is -0.377 e. The number of anilines is 1. The van der Waals surface area contributed by atoms with E-state index in [0.29, 0.717) is 18.5 Å². The molecular formula is C18H26N6O2. The van der Waals surface area contributed by atoms with Crippen LogP contribution in [-0.4, -0.2) is 69.5 Å². The number of rotatable bonds is 5. The Hall–Kier alpha value is -2.03. The van der Waals surface area contributed by atoms with Gasteiger partial charge in [-0.15, -0.1) is 0 Å². The SMILES string of the molecule is Cn1ccnc1CN1CCOCC2(CC(CNc3ncccn3)CO2)C1. The number of nitrogens with one attached hydrogen (secondary N) is 1. The molecule has 0 aliphatic carbocycles. The highest BCUT2D eigenvalue weighted by atomic mass is 16.5. The molecule has 2 saturated heterocycles. The second kappa shape index (κ2) is 7.69. The molecule has 4 heterocycles. The van der Waals surface area contributed by atoms with Gasteiger partial charge in [-0.3, -0.25) is 4.90 Å². The van der Waals surface area contributed by atoms with Crippen LogP contribution in [0, 0.1) is 5.92 Å². The number of nitrogens with zero attached hydrogens (tertiary/aromatic N) is 5. The van der Waals surface area contributed by atoms with Crippen LogP contribution in [0.3, 0.4) is 0 Å². The van der Waals surface area contributed by atoms with E-state index in [1.54, 1.807) is 12.4 Å². The second-order valence-corrected chi connectivity index (χ2v) is 7.24. The van der Waals surface area contributed by atoms with Crippen molar-refractivity contribution in [2.75, 3.05) is 44.8 Å². The summed E-state index contributed by atoms with van der Waals surface area (Å²) < 4.78 is 14.2. The van der Waals surface area contributed by atoms with Gasteiger partial charge in [0.1, 0.15) is 11.4 Å². The highest BCUT2D eigenvalue weighted by molar-refractivity contribution is 5.22. The molecule has 0 saturated carbocycles. The predicted octanol–water partition coefficient (Wildman–Crippen LogP) is 0.930. The molecule has 0 amide bonds. The summed E-state index contributed by atoms with van der Waals surface area (Å²) in [6.07, 6.45) is 8.30. The van der Waals surface area contributed by atoms with Crippen molar-refractivity contribution in [2.45, 2.75) is 18.6 Å². The molecule has 2 atom stereocenters. The zero-order chi connectivity index (χ0) is 17.8. The van der Waals surface area contributed by atoms with Crippen LogP contribution in [0.1, 0.15) is 12.2 Å². The summed E-state index contributed by atoms with van der Waals surface area (Å²) in [5, 5.41) is 3.31. The van der Waals surface area contributed by atoms with E-state index in [1.807, 2.05) is 25.5 Å². The molecule has 0 aromatic carbocycles. The van der Waals surface area contributed by atoms with Crippen LogP contribution in [0.4, 0.5) is 5.95 Å². The zero-order valence-corrected chi connectivity index (χ0v) is 15.2. The van der Waals surface area contributed by atoms with Gasteiger partial charge in [-0.25, -0.2) is 15.0 Å². The van der Waals surface area contributed by atoms with Crippen LogP contribution in [0.5, 0.6) is 0 Å². The topological polar surface area (TPSA) is 77.3 Å². The molecule has 2 fully saturated rings. The Balaban J connectivity index is 1.35. The first-order valence-electron chi connectivity index (χ1n) is 9.14. The third-order valence-corrected chi connectivity index (χ3v) is 5.12. The minimum atomic E-state index is -0.231. The molecule has 1 N–H and O–H groups in total. The largest absolute Gasteiger partial charge is 0.377 e. The van der Waals surface area contributed by atoms with Crippen molar-refractivity contribution >= 4 is 5.95 Å². The summed E-state index contributed by atoms with van der Waals surface area (Å²) in [4.78, 5) is 15.3. The maximum atomic E-state index is 6.27. The molecule has 140 valence electrons. The fraction of sp³-hybridized carbons (Fsp3) is 0.611. The lowest BCUT2D eigenvalue weighted by Gasteiger charge is -2.31. The number of aryl methyl sites for hydroxylation is 1. The lowest BCUT2D eigenvalue weighted by Crippen LogP contribution is -2.44. The Kier molecular flexibility index (Phi) is 5.14. The summed E-state index contributed by atoms with van der Waals surface area (Å²) in [6.45, 7) is 5.53. The van der Waals surface area contributed by atoms with Crippen molar-refractivity contribution in [2.24, 2.45) is 13.0 Å². The molecule has 0 radical (unpaired) electrons. The lowest BCUT2D eigenvalue weighted by atomic mass is 9.94. The minimum absolute atomic E-state index is 0.231. The van der Waals surface area contributed by atoms with Gasteiger partial charge < -0.3 is 19.4 Å². The van der Waals surface area contributed by atoms with E-state index in [-0.39, 0.29) is 5.60 Å². The summed E-state index contributed by atoms with van der Waals surface area (Å²) in [5.41, 5.74) is -0.231. The lowest BCUT2D eigenvalue weighted by molar-refractivity contribution is -0.0564. The fourth-order valence-corrected chi connectivity index (χ4v) is 3.77. The van der Waals surface area contributed by atoms with Crippen LogP contribution in [0.15, 0.2) is 30.9 Å². The van der Waals surface area contributed by atoms with Crippen molar-refractivity contribution in [3.63, 3.8) is 0 Å². The van der Waals surface area contributed by atoms with Crippen molar-refractivity contribution in [3.8, 4) is 0 Å². The summed E-state index contributed by atoms with van der Waals surface area (Å²) in [5.74, 6) is 2.16. The molecular weight excluding hydrogens is 332 g/mol. The Morgan fingerprint density at radius 1 is 1.27 bits per heavy atom. The molecule has 2 aromatic heterocycles. The molecule has 2 unspecified atom stereocenters. The Morgan fingerprint density at radius 3 is 2.96 bits per heavy atom. The molecule has 1 spiro atoms. The molecule has 8 nitrogen and oxygen atoms in total. The average Bonchev–Trinajstić information content (AvgIpc) is 3.18. The van der Waals surface area contributed by atoms with Gasteiger partial charge in [0.05, 0.1) is 26.4 Å². The first-order chi connectivity index (χ1) is 12.7. The van der Waals surface area contributed by atoms with Gasteiger partial charge in [0.2, 0.25) is 5.95 Å². The van der Waals surface area contributed by atoms with Crippen molar-refractivity contribution in [1.29, 1.82) is 0 Å². The first kappa shape index (κ1) is 17.4. The summed E-state index contributed by atoms with van der Waals surface area (Å²) in [7, 11) is 2.03. The van der Waals surface area contributed by atoms with E-state index in [0.717, 1.165) is 51.6 Å². The third-order valence-electron chi connectivity index (χ3n) is 5.12. The van der Waals surface area contributed by atoms with Crippen LogP contribution >= 0.6 is 0 Å². The van der Waals surface area contributed by atoms with E-state index in [2.05, 4.69) is 29.7 Å². The number of hydrogen-bond acceptors (Lipinski definition) is 7. The number of hydrogen-bond donors (Lipinski definition) is 1. The highest BCUT2D eigenvalue weighted by Crippen LogP contribution is 2.33. The molecule has 2 aliphatic heterocycles. The molecule has 2 aromatic rings. The van der Waals surface area contributed by atoms with Crippen LogP contribution < -0.4 is 5.32 Å². The van der Waals surface area contributed by atoms with E-state index >= 15 is 0 Å². The smallest absolute Gasteiger partial charge is 0.222 e. The molecule has 8 heteroatoms. The van der Waals surface area contributed by atoms with E-state index in [9.17, 15) is 0 Å². The van der Waals surface area contributed by atoms with Crippen LogP contribution in [-0.2, 0) is 23.1 Å². The monoisotopic (exact) mass is 358 g/mol. The maximum Gasteiger partial charge on any atom is 0.222 e. The predicted molar refractivity (Wildman–Crippen MR) is 96.6 cm³/mol. The Bertz CT molecular complexity index is 709. The van der Waals surface area contributed by atoms with E-state index in [1.165, 1.54) is 0 Å². The van der Waals surface area contributed by atoms with Gasteiger partial charge in [-0.1, -0.05) is 0 Å². The quantitative estimate of drug-likeness (QED) is 0.852. The van der Waals surface area contributed by atoms with Gasteiger partial charge in [0.25, 0.3) is 0 Å². The van der Waals surface area contributed by atoms with Gasteiger partial charge in [0.15, 0.2) is 0 Å². The van der Waals surface area contributed by atoms with Gasteiger partial charge >= 0.3 is 0 Å². The highest BCUT2D eigenvalue weighted by Gasteiger charge is 2.43. The Labute approximate surface area is 153 Å². The summed E-state index contributed by atoms with van der Waals surface area (Å²) in [6, 6.07) is 1.82. The third kappa shape index (κ3) is 4.03. The number of ether oxygens (including phenoxy) is 2. The van der Waals surface area contributed by atoms with E-state index < -0.39 is 0 Å². The molecule has 2 aliphatic rings.